The van der Waals surface area contributed by atoms with Gasteiger partial charge in [-0.25, -0.2) is 0 Å². The van der Waals surface area contributed by atoms with Crippen molar-refractivity contribution in [2.24, 2.45) is 5.92 Å². The normalized spacial score (nSPS) is 12.0. The summed E-state index contributed by atoms with van der Waals surface area (Å²) in [5.74, 6) is 0.331. The molecule has 0 saturated carbocycles. The Kier molecular flexibility index (Phi) is 10.3. The molecule has 0 radical (unpaired) electrons. The first-order valence-electron chi connectivity index (χ1n) is 11.2. The van der Waals surface area contributed by atoms with Gasteiger partial charge in [-0.05, 0) is 43.5 Å². The van der Waals surface area contributed by atoms with E-state index in [9.17, 15) is 9.59 Å². The molecule has 0 aliphatic heterocycles. The summed E-state index contributed by atoms with van der Waals surface area (Å²) in [5, 5.41) is 16.2. The van der Waals surface area contributed by atoms with Gasteiger partial charge in [0, 0.05) is 11.6 Å². The molecule has 7 nitrogen and oxygen atoms in total. The van der Waals surface area contributed by atoms with E-state index in [-0.39, 0.29) is 33.5 Å². The Morgan fingerprint density at radius 3 is 2.31 bits per heavy atom. The molecule has 36 heavy (non-hydrogen) atoms. The van der Waals surface area contributed by atoms with Crippen LogP contribution in [0.1, 0.15) is 49.4 Å². The van der Waals surface area contributed by atoms with Crippen LogP contribution in [-0.2, 0) is 11.3 Å². The molecule has 1 atom stereocenters. The van der Waals surface area contributed by atoms with E-state index in [0.717, 1.165) is 0 Å². The first-order valence-corrected chi connectivity index (χ1v) is 13.7. The van der Waals surface area contributed by atoms with Crippen molar-refractivity contribution in [2.45, 2.75) is 44.9 Å². The van der Waals surface area contributed by atoms with Crippen LogP contribution in [0.25, 0.3) is 0 Å². The zero-order valence-electron chi connectivity index (χ0n) is 19.8. The Balaban J connectivity index is 1.75. The lowest BCUT2D eigenvalue weighted by atomic mass is 10.0. The molecular weight excluding hydrogens is 564 g/mol. The molecule has 0 aliphatic carbocycles. The van der Waals surface area contributed by atoms with Gasteiger partial charge in [-0.15, -0.1) is 10.2 Å². The Hall–Kier alpha value is -1.97. The van der Waals surface area contributed by atoms with Gasteiger partial charge in [0.1, 0.15) is 0 Å². The van der Waals surface area contributed by atoms with E-state index in [0.29, 0.717) is 45.2 Å². The molecule has 12 heteroatoms. The lowest BCUT2D eigenvalue weighted by Gasteiger charge is -2.21. The molecular formula is C24H25Cl4N5O2S. The predicted octanol–water partition coefficient (Wildman–Crippen LogP) is 7.16. The highest BCUT2D eigenvalue weighted by atomic mass is 35.5. The summed E-state index contributed by atoms with van der Waals surface area (Å²) in [4.78, 5) is 25.5. The molecule has 2 N–H and O–H groups in total. The highest BCUT2D eigenvalue weighted by Gasteiger charge is 2.25. The van der Waals surface area contributed by atoms with E-state index in [1.807, 2.05) is 11.5 Å². The van der Waals surface area contributed by atoms with Crippen molar-refractivity contribution in [2.75, 3.05) is 11.1 Å². The van der Waals surface area contributed by atoms with Crippen molar-refractivity contribution in [1.29, 1.82) is 0 Å². The second kappa shape index (κ2) is 13.0. The van der Waals surface area contributed by atoms with E-state index in [2.05, 4.69) is 34.7 Å². The summed E-state index contributed by atoms with van der Waals surface area (Å²) in [7, 11) is 0. The molecule has 0 aliphatic rings. The van der Waals surface area contributed by atoms with E-state index in [4.69, 9.17) is 46.4 Å². The average Bonchev–Trinajstić information content (AvgIpc) is 3.22. The van der Waals surface area contributed by atoms with Crippen LogP contribution in [-0.4, -0.2) is 32.3 Å². The van der Waals surface area contributed by atoms with Crippen LogP contribution in [0.2, 0.25) is 20.1 Å². The fraction of sp³-hybridized carbons (Fsp3) is 0.333. The molecule has 0 bridgehead atoms. The Bertz CT molecular complexity index is 1230. The molecule has 1 heterocycles. The molecule has 3 rings (SSSR count). The number of aromatic nitrogens is 3. The van der Waals surface area contributed by atoms with Crippen molar-refractivity contribution in [1.82, 2.24) is 20.1 Å². The fourth-order valence-electron chi connectivity index (χ4n) is 3.51. The third kappa shape index (κ3) is 7.29. The number of hydrogen-bond acceptors (Lipinski definition) is 5. The summed E-state index contributed by atoms with van der Waals surface area (Å²) >= 11 is 25.7. The number of nitrogens with zero attached hydrogens (tertiary/aromatic N) is 3. The number of halogens is 4. The zero-order chi connectivity index (χ0) is 26.4. The van der Waals surface area contributed by atoms with E-state index < -0.39 is 6.04 Å². The third-order valence-electron chi connectivity index (χ3n) is 5.11. The molecule has 1 aromatic heterocycles. The number of benzene rings is 2. The van der Waals surface area contributed by atoms with Crippen LogP contribution in [0.4, 0.5) is 5.69 Å². The number of nitrogens with one attached hydrogen (secondary N) is 2. The minimum absolute atomic E-state index is 0.0498. The molecule has 0 unspecified atom stereocenters. The van der Waals surface area contributed by atoms with Crippen molar-refractivity contribution < 1.29 is 9.59 Å². The molecule has 0 spiro atoms. The number of rotatable bonds is 10. The summed E-state index contributed by atoms with van der Waals surface area (Å²) in [5.41, 5.74) is 0.687. The number of amides is 2. The first kappa shape index (κ1) is 28.6. The van der Waals surface area contributed by atoms with Gasteiger partial charge in [-0.1, -0.05) is 84.1 Å². The Labute approximate surface area is 234 Å². The van der Waals surface area contributed by atoms with Crippen molar-refractivity contribution >= 4 is 75.7 Å². The minimum Gasteiger partial charge on any atom is -0.342 e. The third-order valence-corrected chi connectivity index (χ3v) is 7.22. The van der Waals surface area contributed by atoms with Crippen LogP contribution < -0.4 is 10.6 Å². The smallest absolute Gasteiger partial charge is 0.253 e. The second-order valence-electron chi connectivity index (χ2n) is 8.30. The van der Waals surface area contributed by atoms with Crippen LogP contribution >= 0.6 is 58.2 Å². The van der Waals surface area contributed by atoms with Gasteiger partial charge >= 0.3 is 0 Å². The average molecular weight is 589 g/mol. The fourth-order valence-corrected chi connectivity index (χ4v) is 5.45. The van der Waals surface area contributed by atoms with Gasteiger partial charge in [0.25, 0.3) is 5.91 Å². The quantitative estimate of drug-likeness (QED) is 0.245. The Morgan fingerprint density at radius 1 is 1.03 bits per heavy atom. The highest BCUT2D eigenvalue weighted by molar-refractivity contribution is 7.99. The molecule has 2 aromatic carbocycles. The van der Waals surface area contributed by atoms with Gasteiger partial charge in [0.15, 0.2) is 11.0 Å². The van der Waals surface area contributed by atoms with Gasteiger partial charge in [0.2, 0.25) is 5.91 Å². The van der Waals surface area contributed by atoms with Crippen molar-refractivity contribution in [3.8, 4) is 0 Å². The molecule has 0 fully saturated rings. The number of carbonyl (C=O) groups excluding carboxylic acids is 2. The molecule has 0 saturated heterocycles. The lowest BCUT2D eigenvalue weighted by molar-refractivity contribution is -0.113. The first-order chi connectivity index (χ1) is 17.1. The number of thioether (sulfide) groups is 1. The molecule has 2 amide bonds. The lowest BCUT2D eigenvalue weighted by Crippen LogP contribution is -2.31. The van der Waals surface area contributed by atoms with E-state index in [1.165, 1.54) is 23.9 Å². The zero-order valence-corrected chi connectivity index (χ0v) is 23.7. The summed E-state index contributed by atoms with van der Waals surface area (Å²) in [6, 6.07) is 9.49. The van der Waals surface area contributed by atoms with Gasteiger partial charge in [-0.3, -0.25) is 9.59 Å². The predicted molar refractivity (Wildman–Crippen MR) is 148 cm³/mol. The molecule has 192 valence electrons. The number of hydrogen-bond donors (Lipinski definition) is 2. The van der Waals surface area contributed by atoms with Crippen molar-refractivity contribution in [3.63, 3.8) is 0 Å². The van der Waals surface area contributed by atoms with Gasteiger partial charge in [0.05, 0.1) is 38.1 Å². The maximum absolute atomic E-state index is 13.0. The summed E-state index contributed by atoms with van der Waals surface area (Å²) in [6.07, 6.45) is 0.646. The van der Waals surface area contributed by atoms with Crippen LogP contribution in [0.15, 0.2) is 41.6 Å². The maximum atomic E-state index is 13.0. The highest BCUT2D eigenvalue weighted by Crippen LogP contribution is 2.34. The van der Waals surface area contributed by atoms with Crippen LogP contribution in [0.3, 0.4) is 0 Å². The van der Waals surface area contributed by atoms with Gasteiger partial charge in [-0.2, -0.15) is 0 Å². The SMILES string of the molecule is CCn1c(SCC(=O)Nc2c(Cl)cc(Cl)cc2Cl)nnc1[C@@H](CC(C)C)NC(=O)c1ccccc1Cl. The number of carbonyl (C=O) groups is 2. The topological polar surface area (TPSA) is 88.9 Å². The van der Waals surface area contributed by atoms with Crippen LogP contribution in [0.5, 0.6) is 0 Å². The Morgan fingerprint density at radius 2 is 1.69 bits per heavy atom. The van der Waals surface area contributed by atoms with E-state index >= 15 is 0 Å². The van der Waals surface area contributed by atoms with Crippen LogP contribution in [0, 0.1) is 5.92 Å². The van der Waals surface area contributed by atoms with Gasteiger partial charge < -0.3 is 15.2 Å². The largest absolute Gasteiger partial charge is 0.342 e. The monoisotopic (exact) mass is 587 g/mol. The standard InChI is InChI=1S/C24H25Cl4N5O2S/c1-4-33-22(19(9-13(2)3)29-23(35)15-7-5-6-8-16(15)26)31-32-24(33)36-12-20(34)30-21-17(27)10-14(25)11-18(21)28/h5-8,10-11,13,19H,4,9,12H2,1-3H3,(H,29,35)(H,30,34)/t19-/m1/s1. The second-order valence-corrected chi connectivity index (χ2v) is 10.9. The summed E-state index contributed by atoms with van der Waals surface area (Å²) in [6.45, 7) is 6.63. The summed E-state index contributed by atoms with van der Waals surface area (Å²) < 4.78 is 1.89. The van der Waals surface area contributed by atoms with E-state index in [1.54, 1.807) is 24.3 Å². The number of anilines is 1. The molecule has 3 aromatic rings. The minimum atomic E-state index is -0.393. The maximum Gasteiger partial charge on any atom is 0.253 e. The van der Waals surface area contributed by atoms with Crippen molar-refractivity contribution in [3.05, 3.63) is 67.9 Å².